The van der Waals surface area contributed by atoms with Crippen molar-refractivity contribution in [1.29, 1.82) is 0 Å². The summed E-state index contributed by atoms with van der Waals surface area (Å²) in [7, 11) is 0. The highest BCUT2D eigenvalue weighted by atomic mass is 35.5. The van der Waals surface area contributed by atoms with Gasteiger partial charge in [-0.25, -0.2) is 4.98 Å². The van der Waals surface area contributed by atoms with Crippen LogP contribution in [0.25, 0.3) is 0 Å². The van der Waals surface area contributed by atoms with Gasteiger partial charge < -0.3 is 5.32 Å². The number of nitrogens with one attached hydrogen (secondary N) is 1. The van der Waals surface area contributed by atoms with E-state index in [1.807, 2.05) is 12.1 Å². The third-order valence-electron chi connectivity index (χ3n) is 4.20. The van der Waals surface area contributed by atoms with Gasteiger partial charge in [-0.15, -0.1) is 0 Å². The molecule has 1 N–H and O–H groups in total. The van der Waals surface area contributed by atoms with Crippen LogP contribution in [0.2, 0.25) is 15.2 Å². The average Bonchev–Trinajstić information content (AvgIpc) is 2.95. The van der Waals surface area contributed by atoms with Crippen molar-refractivity contribution in [2.24, 2.45) is 0 Å². The van der Waals surface area contributed by atoms with E-state index in [1.165, 1.54) is 0 Å². The molecule has 2 aromatic rings. The smallest absolute Gasteiger partial charge is 0.254 e. The number of halogens is 3. The third kappa shape index (κ3) is 3.63. The molecule has 1 aliphatic carbocycles. The molecule has 23 heavy (non-hydrogen) atoms. The van der Waals surface area contributed by atoms with Crippen LogP contribution in [0.15, 0.2) is 36.5 Å². The van der Waals surface area contributed by atoms with Gasteiger partial charge in [0.15, 0.2) is 0 Å². The lowest BCUT2D eigenvalue weighted by molar-refractivity contribution is 0.0934. The Kier molecular flexibility index (Phi) is 5.10. The predicted molar refractivity (Wildman–Crippen MR) is 93.6 cm³/mol. The van der Waals surface area contributed by atoms with Crippen LogP contribution < -0.4 is 5.32 Å². The molecule has 1 amide bonds. The zero-order valence-electron chi connectivity index (χ0n) is 12.2. The van der Waals surface area contributed by atoms with Crippen LogP contribution in [-0.2, 0) is 0 Å². The molecular formula is C17H15Cl3N2O. The molecule has 1 aromatic heterocycles. The first kappa shape index (κ1) is 16.6. The van der Waals surface area contributed by atoms with Crippen molar-refractivity contribution < 1.29 is 4.79 Å². The highest BCUT2D eigenvalue weighted by Gasteiger charge is 2.31. The van der Waals surface area contributed by atoms with Crippen molar-refractivity contribution in [1.82, 2.24) is 10.3 Å². The number of aromatic nitrogens is 1. The Morgan fingerprint density at radius 1 is 1.17 bits per heavy atom. The zero-order chi connectivity index (χ0) is 16.4. The molecule has 3 rings (SSSR count). The minimum absolute atomic E-state index is 0.0254. The lowest BCUT2D eigenvalue weighted by Crippen LogP contribution is -2.36. The van der Waals surface area contributed by atoms with Gasteiger partial charge in [-0.2, -0.15) is 0 Å². The maximum atomic E-state index is 12.4. The first-order chi connectivity index (χ1) is 11.1. The summed E-state index contributed by atoms with van der Waals surface area (Å²) >= 11 is 18.3. The summed E-state index contributed by atoms with van der Waals surface area (Å²) in [6, 6.07) is 8.91. The average molecular weight is 370 g/mol. The number of rotatable bonds is 3. The Morgan fingerprint density at radius 2 is 2.00 bits per heavy atom. The second-order valence-corrected chi connectivity index (χ2v) is 6.83. The second-order valence-electron chi connectivity index (χ2n) is 5.62. The summed E-state index contributed by atoms with van der Waals surface area (Å²) in [5.74, 6) is -0.0238. The molecule has 0 spiro atoms. The Morgan fingerprint density at radius 3 is 2.74 bits per heavy atom. The van der Waals surface area contributed by atoms with Gasteiger partial charge in [-0.05, 0) is 42.7 Å². The van der Waals surface area contributed by atoms with E-state index in [1.54, 1.807) is 24.4 Å². The molecule has 0 bridgehead atoms. The summed E-state index contributed by atoms with van der Waals surface area (Å²) in [4.78, 5) is 16.4. The van der Waals surface area contributed by atoms with Crippen LogP contribution in [0, 0.1) is 0 Å². The Labute approximate surface area is 150 Å². The van der Waals surface area contributed by atoms with Crippen molar-refractivity contribution in [2.45, 2.75) is 31.2 Å². The Bertz CT molecular complexity index is 736. The highest BCUT2D eigenvalue weighted by molar-refractivity contribution is 6.35. The van der Waals surface area contributed by atoms with E-state index in [9.17, 15) is 4.79 Å². The van der Waals surface area contributed by atoms with Gasteiger partial charge in [0, 0.05) is 28.2 Å². The fraction of sp³-hybridized carbons (Fsp3) is 0.294. The van der Waals surface area contributed by atoms with Crippen molar-refractivity contribution >= 4 is 40.7 Å². The van der Waals surface area contributed by atoms with Gasteiger partial charge in [0.05, 0.1) is 5.56 Å². The Hall–Kier alpha value is -1.29. The molecule has 0 saturated heterocycles. The second kappa shape index (κ2) is 7.08. The van der Waals surface area contributed by atoms with Gasteiger partial charge in [0.2, 0.25) is 0 Å². The van der Waals surface area contributed by atoms with Gasteiger partial charge in [-0.1, -0.05) is 47.3 Å². The number of carbonyl (C=O) groups is 1. The summed E-state index contributed by atoms with van der Waals surface area (Å²) in [5, 5.41) is 4.54. The van der Waals surface area contributed by atoms with E-state index in [4.69, 9.17) is 34.8 Å². The van der Waals surface area contributed by atoms with Gasteiger partial charge in [0.1, 0.15) is 5.15 Å². The van der Waals surface area contributed by atoms with E-state index in [0.717, 1.165) is 24.8 Å². The molecule has 6 heteroatoms. The molecule has 120 valence electrons. The van der Waals surface area contributed by atoms with E-state index in [-0.39, 0.29) is 23.0 Å². The van der Waals surface area contributed by atoms with E-state index in [0.29, 0.717) is 15.6 Å². The minimum atomic E-state index is -0.204. The van der Waals surface area contributed by atoms with Crippen LogP contribution in [0.3, 0.4) is 0 Å². The molecule has 0 aliphatic heterocycles. The summed E-state index contributed by atoms with van der Waals surface area (Å²) in [6.07, 6.45) is 4.49. The molecule has 1 aromatic carbocycles. The Balaban J connectivity index is 1.79. The van der Waals surface area contributed by atoms with Crippen molar-refractivity contribution in [2.75, 3.05) is 0 Å². The van der Waals surface area contributed by atoms with Gasteiger partial charge in [-0.3, -0.25) is 4.79 Å². The van der Waals surface area contributed by atoms with Crippen LogP contribution in [0.5, 0.6) is 0 Å². The maximum absolute atomic E-state index is 12.4. The molecule has 1 aliphatic rings. The number of benzene rings is 1. The number of hydrogen-bond donors (Lipinski definition) is 1. The standard InChI is InChI=1S/C17H15Cl3N2O/c18-10-6-7-11(14(19)9-10)12-3-1-5-15(12)22-17(23)13-4-2-8-21-16(13)20/h2,4,6-9,12,15H,1,3,5H2,(H,22,23)/t12-,15+/m0/s1. The fourth-order valence-corrected chi connectivity index (χ4v) is 3.86. The van der Waals surface area contributed by atoms with Crippen LogP contribution in [-0.4, -0.2) is 16.9 Å². The number of nitrogens with zero attached hydrogens (tertiary/aromatic N) is 1. The number of amides is 1. The molecule has 0 unspecified atom stereocenters. The number of pyridine rings is 1. The maximum Gasteiger partial charge on any atom is 0.254 e. The first-order valence-electron chi connectivity index (χ1n) is 7.42. The SMILES string of the molecule is O=C(N[C@@H]1CCC[C@H]1c1ccc(Cl)cc1Cl)c1cccnc1Cl. The summed E-state index contributed by atoms with van der Waals surface area (Å²) < 4.78 is 0. The first-order valence-corrected chi connectivity index (χ1v) is 8.56. The molecular weight excluding hydrogens is 355 g/mol. The minimum Gasteiger partial charge on any atom is -0.349 e. The third-order valence-corrected chi connectivity index (χ3v) is 5.06. The quantitative estimate of drug-likeness (QED) is 0.764. The highest BCUT2D eigenvalue weighted by Crippen LogP contribution is 2.39. The molecule has 1 heterocycles. The predicted octanol–water partition coefficient (Wildman–Crippen LogP) is 5.11. The molecule has 3 nitrogen and oxygen atoms in total. The van der Waals surface area contributed by atoms with Crippen LogP contribution >= 0.6 is 34.8 Å². The van der Waals surface area contributed by atoms with E-state index < -0.39 is 0 Å². The van der Waals surface area contributed by atoms with Crippen LogP contribution in [0.4, 0.5) is 0 Å². The molecule has 1 fully saturated rings. The van der Waals surface area contributed by atoms with E-state index in [2.05, 4.69) is 10.3 Å². The van der Waals surface area contributed by atoms with Gasteiger partial charge >= 0.3 is 0 Å². The number of carbonyl (C=O) groups excluding carboxylic acids is 1. The summed E-state index contributed by atoms with van der Waals surface area (Å²) in [5.41, 5.74) is 1.41. The monoisotopic (exact) mass is 368 g/mol. The van der Waals surface area contributed by atoms with Crippen molar-refractivity contribution in [3.63, 3.8) is 0 Å². The van der Waals surface area contributed by atoms with Gasteiger partial charge in [0.25, 0.3) is 5.91 Å². The molecule has 1 saturated carbocycles. The number of hydrogen-bond acceptors (Lipinski definition) is 2. The lowest BCUT2D eigenvalue weighted by atomic mass is 9.93. The largest absolute Gasteiger partial charge is 0.349 e. The van der Waals surface area contributed by atoms with E-state index >= 15 is 0 Å². The topological polar surface area (TPSA) is 42.0 Å². The van der Waals surface area contributed by atoms with Crippen molar-refractivity contribution in [3.05, 3.63) is 62.9 Å². The normalized spacial score (nSPS) is 20.5. The lowest BCUT2D eigenvalue weighted by Gasteiger charge is -2.22. The fourth-order valence-electron chi connectivity index (χ4n) is 3.11. The van der Waals surface area contributed by atoms with Crippen LogP contribution in [0.1, 0.15) is 41.1 Å². The van der Waals surface area contributed by atoms with Crippen molar-refractivity contribution in [3.8, 4) is 0 Å². The zero-order valence-corrected chi connectivity index (χ0v) is 14.5. The summed E-state index contributed by atoms with van der Waals surface area (Å²) in [6.45, 7) is 0. The molecule has 2 atom stereocenters. The molecule has 0 radical (unpaired) electrons.